The average Bonchev–Trinajstić information content (AvgIpc) is 3.14. The molecule has 4 rings (SSSR count). The molecule has 0 spiro atoms. The quantitative estimate of drug-likeness (QED) is 0.620. The molecule has 1 aromatic carbocycles. The van der Waals surface area contributed by atoms with Gasteiger partial charge in [0.25, 0.3) is 5.91 Å². The van der Waals surface area contributed by atoms with Crippen molar-refractivity contribution in [3.05, 3.63) is 66.7 Å². The van der Waals surface area contributed by atoms with Crippen LogP contribution in [0.15, 0.2) is 55.3 Å². The minimum absolute atomic E-state index is 0.0532. The maximum Gasteiger partial charge on any atom is 0.268 e. The molecule has 0 saturated carbocycles. The van der Waals surface area contributed by atoms with Gasteiger partial charge < -0.3 is 15.2 Å². The van der Waals surface area contributed by atoms with Crippen LogP contribution in [-0.2, 0) is 0 Å². The van der Waals surface area contributed by atoms with Crippen LogP contribution in [0.2, 0.25) is 0 Å². The highest BCUT2D eigenvalue weighted by Crippen LogP contribution is 2.32. The van der Waals surface area contributed by atoms with Gasteiger partial charge in [-0.3, -0.25) is 4.79 Å². The smallest absolute Gasteiger partial charge is 0.268 e. The van der Waals surface area contributed by atoms with Gasteiger partial charge in [0.15, 0.2) is 0 Å². The molecule has 2 N–H and O–H groups in total. The second-order valence-electron chi connectivity index (χ2n) is 7.55. The van der Waals surface area contributed by atoms with E-state index in [4.69, 9.17) is 9.97 Å². The Bertz CT molecular complexity index is 1130. The summed E-state index contributed by atoms with van der Waals surface area (Å²) in [6.07, 6.45) is 4.72. The van der Waals surface area contributed by atoms with Crippen LogP contribution in [0, 0.1) is 6.92 Å². The molecule has 6 nitrogen and oxygen atoms in total. The standard InChI is InChI=1S/C23H25N5O/c1-5-7-17-12-25-23(29)20-10-16(13-28(17)20)18-8-6-9-19-21(18)27-22(15(4)26-19)24-11-14(2)3/h5-6,8-10,13,17H,1-2,7,11-12H2,3-4H3,(H,24,27)(H,25,29). The molecule has 3 heterocycles. The zero-order chi connectivity index (χ0) is 20.5. The predicted molar refractivity (Wildman–Crippen MR) is 117 cm³/mol. The Morgan fingerprint density at radius 3 is 3.00 bits per heavy atom. The maximum absolute atomic E-state index is 12.4. The van der Waals surface area contributed by atoms with Crippen molar-refractivity contribution in [1.29, 1.82) is 0 Å². The topological polar surface area (TPSA) is 71.8 Å². The van der Waals surface area contributed by atoms with Crippen LogP contribution in [-0.4, -0.2) is 33.5 Å². The van der Waals surface area contributed by atoms with Crippen molar-refractivity contribution in [2.24, 2.45) is 0 Å². The first-order chi connectivity index (χ1) is 14.0. The normalized spacial score (nSPS) is 15.7. The van der Waals surface area contributed by atoms with Gasteiger partial charge in [0, 0.05) is 30.4 Å². The van der Waals surface area contributed by atoms with Crippen molar-refractivity contribution in [3.63, 3.8) is 0 Å². The number of anilines is 1. The van der Waals surface area contributed by atoms with Crippen molar-refractivity contribution in [3.8, 4) is 11.1 Å². The first kappa shape index (κ1) is 18.9. The summed E-state index contributed by atoms with van der Waals surface area (Å²) in [6, 6.07) is 8.07. The SMILES string of the molecule is C=CCC1CNC(=O)c2cc(-c3cccc4nc(C)c(NCC(=C)C)nc34)cn21. The Morgan fingerprint density at radius 2 is 2.24 bits per heavy atom. The van der Waals surface area contributed by atoms with Crippen LogP contribution in [0.25, 0.3) is 22.2 Å². The number of hydrogen-bond donors (Lipinski definition) is 2. The average molecular weight is 387 g/mol. The van der Waals surface area contributed by atoms with Gasteiger partial charge in [-0.05, 0) is 32.4 Å². The van der Waals surface area contributed by atoms with Gasteiger partial charge in [-0.25, -0.2) is 9.97 Å². The van der Waals surface area contributed by atoms with Crippen molar-refractivity contribution in [2.75, 3.05) is 18.4 Å². The van der Waals surface area contributed by atoms with Crippen LogP contribution >= 0.6 is 0 Å². The third kappa shape index (κ3) is 3.53. The third-order valence-corrected chi connectivity index (χ3v) is 5.15. The number of nitrogens with one attached hydrogen (secondary N) is 2. The van der Waals surface area contributed by atoms with Crippen molar-refractivity contribution in [1.82, 2.24) is 19.9 Å². The summed E-state index contributed by atoms with van der Waals surface area (Å²) in [5, 5.41) is 6.27. The molecule has 29 heavy (non-hydrogen) atoms. The van der Waals surface area contributed by atoms with E-state index in [1.165, 1.54) is 0 Å². The summed E-state index contributed by atoms with van der Waals surface area (Å²) in [6.45, 7) is 12.9. The number of rotatable bonds is 6. The number of aryl methyl sites for hydroxylation is 1. The van der Waals surface area contributed by atoms with Crippen LogP contribution in [0.3, 0.4) is 0 Å². The summed E-state index contributed by atoms with van der Waals surface area (Å²) in [7, 11) is 0. The summed E-state index contributed by atoms with van der Waals surface area (Å²) in [4.78, 5) is 22.0. The molecule has 1 aliphatic rings. The van der Waals surface area contributed by atoms with E-state index in [-0.39, 0.29) is 11.9 Å². The van der Waals surface area contributed by atoms with Gasteiger partial charge in [-0.15, -0.1) is 6.58 Å². The molecule has 0 radical (unpaired) electrons. The largest absolute Gasteiger partial charge is 0.365 e. The second-order valence-corrected chi connectivity index (χ2v) is 7.55. The Kier molecular flexibility index (Phi) is 4.92. The first-order valence-electron chi connectivity index (χ1n) is 9.75. The second kappa shape index (κ2) is 7.54. The Balaban J connectivity index is 1.83. The molecule has 148 valence electrons. The summed E-state index contributed by atoms with van der Waals surface area (Å²) >= 11 is 0. The predicted octanol–water partition coefficient (Wildman–Crippen LogP) is 4.26. The van der Waals surface area contributed by atoms with E-state index < -0.39 is 0 Å². The van der Waals surface area contributed by atoms with Crippen molar-refractivity contribution >= 4 is 22.8 Å². The summed E-state index contributed by atoms with van der Waals surface area (Å²) in [5.41, 5.74) is 6.09. The van der Waals surface area contributed by atoms with E-state index >= 15 is 0 Å². The molecule has 1 unspecified atom stereocenters. The lowest BCUT2D eigenvalue weighted by atomic mass is 10.1. The lowest BCUT2D eigenvalue weighted by Gasteiger charge is -2.25. The van der Waals surface area contributed by atoms with E-state index in [1.807, 2.05) is 50.4 Å². The molecule has 1 amide bonds. The number of nitrogens with zero attached hydrogens (tertiary/aromatic N) is 3. The number of para-hydroxylation sites is 1. The molecular weight excluding hydrogens is 362 g/mol. The first-order valence-corrected chi connectivity index (χ1v) is 9.75. The molecule has 1 aliphatic heterocycles. The fourth-order valence-electron chi connectivity index (χ4n) is 3.70. The molecule has 1 atom stereocenters. The maximum atomic E-state index is 12.4. The van der Waals surface area contributed by atoms with Gasteiger partial charge in [-0.2, -0.15) is 0 Å². The third-order valence-electron chi connectivity index (χ3n) is 5.15. The molecule has 0 saturated heterocycles. The van der Waals surface area contributed by atoms with Crippen molar-refractivity contribution < 1.29 is 4.79 Å². The summed E-state index contributed by atoms with van der Waals surface area (Å²) in [5.74, 6) is 0.696. The van der Waals surface area contributed by atoms with E-state index in [0.29, 0.717) is 18.8 Å². The monoisotopic (exact) mass is 387 g/mol. The molecule has 6 heteroatoms. The molecule has 0 fully saturated rings. The van der Waals surface area contributed by atoms with Gasteiger partial charge in [0.05, 0.1) is 22.8 Å². The van der Waals surface area contributed by atoms with E-state index in [0.717, 1.165) is 45.7 Å². The van der Waals surface area contributed by atoms with Gasteiger partial charge >= 0.3 is 0 Å². The lowest BCUT2D eigenvalue weighted by molar-refractivity contribution is 0.0915. The zero-order valence-corrected chi connectivity index (χ0v) is 16.8. The van der Waals surface area contributed by atoms with Crippen molar-refractivity contribution in [2.45, 2.75) is 26.3 Å². The highest BCUT2D eigenvalue weighted by atomic mass is 16.2. The molecule has 0 bridgehead atoms. The number of carbonyl (C=O) groups is 1. The van der Waals surface area contributed by atoms with Crippen LogP contribution in [0.4, 0.5) is 5.82 Å². The molecular formula is C23H25N5O. The molecule has 3 aromatic rings. The fourth-order valence-corrected chi connectivity index (χ4v) is 3.70. The van der Waals surface area contributed by atoms with Gasteiger partial charge in [-0.1, -0.05) is 30.4 Å². The van der Waals surface area contributed by atoms with Gasteiger partial charge in [0.2, 0.25) is 0 Å². The number of aromatic nitrogens is 3. The highest BCUT2D eigenvalue weighted by Gasteiger charge is 2.25. The minimum Gasteiger partial charge on any atom is -0.365 e. The fraction of sp³-hybridized carbons (Fsp3) is 0.261. The highest BCUT2D eigenvalue weighted by molar-refractivity contribution is 5.98. The lowest BCUT2D eigenvalue weighted by Crippen LogP contribution is -2.38. The van der Waals surface area contributed by atoms with E-state index in [9.17, 15) is 4.79 Å². The Morgan fingerprint density at radius 1 is 1.41 bits per heavy atom. The Hall–Kier alpha value is -3.41. The number of amides is 1. The van der Waals surface area contributed by atoms with Crippen LogP contribution in [0.1, 0.15) is 35.6 Å². The number of fused-ring (bicyclic) bond motifs is 2. The molecule has 0 aliphatic carbocycles. The zero-order valence-electron chi connectivity index (χ0n) is 16.8. The number of carbonyl (C=O) groups excluding carboxylic acids is 1. The van der Waals surface area contributed by atoms with Gasteiger partial charge in [0.1, 0.15) is 11.5 Å². The number of benzene rings is 1. The number of hydrogen-bond acceptors (Lipinski definition) is 4. The van der Waals surface area contributed by atoms with E-state index in [2.05, 4.69) is 28.4 Å². The molecule has 2 aromatic heterocycles. The van der Waals surface area contributed by atoms with Crippen LogP contribution in [0.5, 0.6) is 0 Å². The minimum atomic E-state index is -0.0532. The Labute approximate surface area is 170 Å². The van der Waals surface area contributed by atoms with E-state index in [1.54, 1.807) is 0 Å². The van der Waals surface area contributed by atoms with Crippen LogP contribution < -0.4 is 10.6 Å². The number of allylic oxidation sites excluding steroid dienone is 1. The summed E-state index contributed by atoms with van der Waals surface area (Å²) < 4.78 is 2.05.